The first-order chi connectivity index (χ1) is 17.2. The summed E-state index contributed by atoms with van der Waals surface area (Å²) in [5.74, 6) is 0.258. The van der Waals surface area contributed by atoms with Crippen molar-refractivity contribution < 1.29 is 13.9 Å². The van der Waals surface area contributed by atoms with Gasteiger partial charge in [-0.1, -0.05) is 6.42 Å². The van der Waals surface area contributed by atoms with Crippen LogP contribution in [-0.2, 0) is 0 Å². The second-order valence-corrected chi connectivity index (χ2v) is 9.48. The average molecular weight is 484 g/mol. The van der Waals surface area contributed by atoms with Crippen LogP contribution in [0, 0.1) is 5.82 Å². The third-order valence-electron chi connectivity index (χ3n) is 6.87. The predicted molar refractivity (Wildman–Crippen MR) is 133 cm³/mol. The lowest BCUT2D eigenvalue weighted by Crippen LogP contribution is -2.38. The Hall–Kier alpha value is -3.14. The van der Waals surface area contributed by atoms with E-state index in [2.05, 4.69) is 30.4 Å². The number of halogens is 1. The van der Waals surface area contributed by atoms with Crippen LogP contribution in [0.3, 0.4) is 0 Å². The van der Waals surface area contributed by atoms with Crippen molar-refractivity contribution >= 4 is 22.8 Å². The molecule has 35 heavy (non-hydrogen) atoms. The van der Waals surface area contributed by atoms with Gasteiger partial charge in [0.05, 0.1) is 29.5 Å². The standard InChI is InChI=1S/C25H34FN7O2/c26-18-15-19-20(16-22(18)35-14-8-7-11-32-9-3-1-4-10-32)29-24(28-19)23-21(17-27-31-23)30-25(34)33-12-5-2-6-13-33/h15-17H,1-14H2,(H,27,31)(H,28,29)(H,30,34). The van der Waals surface area contributed by atoms with Crippen LogP contribution < -0.4 is 10.1 Å². The highest BCUT2D eigenvalue weighted by Crippen LogP contribution is 2.29. The van der Waals surface area contributed by atoms with Gasteiger partial charge in [-0.15, -0.1) is 0 Å². The van der Waals surface area contributed by atoms with Crippen molar-refractivity contribution in [3.63, 3.8) is 0 Å². The number of carbonyl (C=O) groups is 1. The normalized spacial score (nSPS) is 17.1. The number of hydrogen-bond acceptors (Lipinski definition) is 5. The van der Waals surface area contributed by atoms with Crippen LogP contribution in [-0.4, -0.2) is 75.3 Å². The Morgan fingerprint density at radius 2 is 1.83 bits per heavy atom. The molecular weight excluding hydrogens is 449 g/mol. The SMILES string of the molecule is O=C(Nc1cn[nH]c1-c1nc2cc(OCCCCN3CCCCC3)c(F)cc2[nH]1)N1CCCCC1. The molecule has 0 aliphatic carbocycles. The summed E-state index contributed by atoms with van der Waals surface area (Å²) in [5.41, 5.74) is 2.22. The number of H-pyrrole nitrogens is 2. The highest BCUT2D eigenvalue weighted by atomic mass is 19.1. The van der Waals surface area contributed by atoms with E-state index in [1.807, 2.05) is 4.90 Å². The maximum atomic E-state index is 14.7. The Morgan fingerprint density at radius 3 is 2.63 bits per heavy atom. The minimum Gasteiger partial charge on any atom is -0.490 e. The van der Waals surface area contributed by atoms with Crippen molar-refractivity contribution in [2.75, 3.05) is 44.6 Å². The summed E-state index contributed by atoms with van der Waals surface area (Å²) < 4.78 is 20.4. The molecule has 0 saturated carbocycles. The van der Waals surface area contributed by atoms with E-state index < -0.39 is 5.82 Å². The number of aromatic amines is 2. The quantitative estimate of drug-likeness (QED) is 0.401. The highest BCUT2D eigenvalue weighted by Gasteiger charge is 2.20. The molecule has 2 amide bonds. The van der Waals surface area contributed by atoms with Crippen molar-refractivity contribution in [2.45, 2.75) is 51.4 Å². The molecule has 1 aromatic carbocycles. The number of likely N-dealkylation sites (tertiary alicyclic amines) is 2. The van der Waals surface area contributed by atoms with Gasteiger partial charge in [0.15, 0.2) is 17.4 Å². The largest absolute Gasteiger partial charge is 0.490 e. The minimum absolute atomic E-state index is 0.148. The average Bonchev–Trinajstić information content (AvgIpc) is 3.51. The minimum atomic E-state index is -0.424. The van der Waals surface area contributed by atoms with Gasteiger partial charge in [-0.3, -0.25) is 5.10 Å². The maximum absolute atomic E-state index is 14.7. The number of ether oxygens (including phenoxy) is 1. The van der Waals surface area contributed by atoms with Crippen LogP contribution in [0.5, 0.6) is 5.75 Å². The molecule has 2 saturated heterocycles. The number of fused-ring (bicyclic) bond motifs is 1. The Bertz CT molecular complexity index is 1130. The fraction of sp³-hybridized carbons (Fsp3) is 0.560. The van der Waals surface area contributed by atoms with E-state index >= 15 is 0 Å². The topological polar surface area (TPSA) is 102 Å². The molecule has 3 aromatic rings. The van der Waals surface area contributed by atoms with E-state index in [1.54, 1.807) is 12.3 Å². The number of aromatic nitrogens is 4. The van der Waals surface area contributed by atoms with Crippen molar-refractivity contribution in [1.82, 2.24) is 30.0 Å². The first kappa shape index (κ1) is 23.6. The molecule has 0 unspecified atom stereocenters. The number of nitrogens with one attached hydrogen (secondary N) is 3. The first-order valence-corrected chi connectivity index (χ1v) is 12.8. The van der Waals surface area contributed by atoms with Gasteiger partial charge in [-0.05, 0) is 64.6 Å². The second-order valence-electron chi connectivity index (χ2n) is 9.48. The van der Waals surface area contributed by atoms with Crippen LogP contribution in [0.25, 0.3) is 22.6 Å². The molecule has 0 atom stereocenters. The fourth-order valence-electron chi connectivity index (χ4n) is 4.90. The Kier molecular flexibility index (Phi) is 7.46. The molecular formula is C25H34FN7O2. The van der Waals surface area contributed by atoms with Gasteiger partial charge in [0.25, 0.3) is 0 Å². The molecule has 9 nitrogen and oxygen atoms in total. The molecule has 3 N–H and O–H groups in total. The van der Waals surface area contributed by atoms with Crippen LogP contribution >= 0.6 is 0 Å². The lowest BCUT2D eigenvalue weighted by atomic mass is 10.1. The van der Waals surface area contributed by atoms with Crippen molar-refractivity contribution in [3.8, 4) is 17.3 Å². The van der Waals surface area contributed by atoms with Gasteiger partial charge in [0, 0.05) is 25.2 Å². The van der Waals surface area contributed by atoms with E-state index in [9.17, 15) is 9.18 Å². The van der Waals surface area contributed by atoms with Gasteiger partial charge in [0.1, 0.15) is 5.69 Å². The second kappa shape index (κ2) is 11.1. The van der Waals surface area contributed by atoms with Crippen molar-refractivity contribution in [1.29, 1.82) is 0 Å². The smallest absolute Gasteiger partial charge is 0.321 e. The van der Waals surface area contributed by atoms with E-state index in [-0.39, 0.29) is 11.8 Å². The van der Waals surface area contributed by atoms with Crippen molar-refractivity contribution in [2.24, 2.45) is 0 Å². The third-order valence-corrected chi connectivity index (χ3v) is 6.87. The number of benzene rings is 1. The van der Waals surface area contributed by atoms with E-state index in [0.717, 1.165) is 51.7 Å². The summed E-state index contributed by atoms with van der Waals surface area (Å²) >= 11 is 0. The number of nitrogens with zero attached hydrogens (tertiary/aromatic N) is 4. The summed E-state index contributed by atoms with van der Waals surface area (Å²) in [4.78, 5) is 24.7. The zero-order chi connectivity index (χ0) is 24.0. The number of carbonyl (C=O) groups excluding carboxylic acids is 1. The molecule has 5 rings (SSSR count). The molecule has 0 spiro atoms. The number of piperidine rings is 2. The molecule has 2 fully saturated rings. The third kappa shape index (κ3) is 5.75. The lowest BCUT2D eigenvalue weighted by Gasteiger charge is -2.26. The molecule has 10 heteroatoms. The lowest BCUT2D eigenvalue weighted by molar-refractivity contribution is 0.200. The van der Waals surface area contributed by atoms with E-state index in [4.69, 9.17) is 4.74 Å². The van der Waals surface area contributed by atoms with Gasteiger partial charge in [-0.25, -0.2) is 14.2 Å². The van der Waals surface area contributed by atoms with Gasteiger partial charge < -0.3 is 24.8 Å². The van der Waals surface area contributed by atoms with Crippen LogP contribution in [0.2, 0.25) is 0 Å². The van der Waals surface area contributed by atoms with Gasteiger partial charge in [0.2, 0.25) is 0 Å². The first-order valence-electron chi connectivity index (χ1n) is 12.8. The number of hydrogen-bond donors (Lipinski definition) is 3. The fourth-order valence-corrected chi connectivity index (χ4v) is 4.90. The van der Waals surface area contributed by atoms with Gasteiger partial charge in [-0.2, -0.15) is 5.10 Å². The van der Waals surface area contributed by atoms with E-state index in [0.29, 0.717) is 34.8 Å². The summed E-state index contributed by atoms with van der Waals surface area (Å²) in [6, 6.07) is 2.88. The highest BCUT2D eigenvalue weighted by molar-refractivity contribution is 5.93. The Balaban J connectivity index is 1.21. The maximum Gasteiger partial charge on any atom is 0.321 e. The zero-order valence-corrected chi connectivity index (χ0v) is 20.1. The predicted octanol–water partition coefficient (Wildman–Crippen LogP) is 4.75. The number of urea groups is 1. The number of unbranched alkanes of at least 4 members (excludes halogenated alkanes) is 1. The number of rotatable bonds is 8. The Labute approximate surface area is 204 Å². The molecule has 0 radical (unpaired) electrons. The molecule has 2 aromatic heterocycles. The molecule has 0 bridgehead atoms. The summed E-state index contributed by atoms with van der Waals surface area (Å²) in [6.07, 6.45) is 10.6. The molecule has 2 aliphatic rings. The van der Waals surface area contributed by atoms with Gasteiger partial charge >= 0.3 is 6.03 Å². The van der Waals surface area contributed by atoms with Crippen LogP contribution in [0.4, 0.5) is 14.9 Å². The number of anilines is 1. The van der Waals surface area contributed by atoms with Crippen molar-refractivity contribution in [3.05, 3.63) is 24.1 Å². The molecule has 4 heterocycles. The van der Waals surface area contributed by atoms with Crippen LogP contribution in [0.1, 0.15) is 51.4 Å². The number of imidazole rings is 1. The monoisotopic (exact) mass is 483 g/mol. The van der Waals surface area contributed by atoms with Crippen LogP contribution in [0.15, 0.2) is 18.3 Å². The summed E-state index contributed by atoms with van der Waals surface area (Å²) in [6.45, 7) is 5.43. The Morgan fingerprint density at radius 1 is 1.06 bits per heavy atom. The number of amides is 2. The summed E-state index contributed by atoms with van der Waals surface area (Å²) in [5, 5.41) is 9.88. The molecule has 2 aliphatic heterocycles. The van der Waals surface area contributed by atoms with E-state index in [1.165, 1.54) is 38.4 Å². The molecule has 188 valence electrons. The summed E-state index contributed by atoms with van der Waals surface area (Å²) in [7, 11) is 0. The zero-order valence-electron chi connectivity index (χ0n) is 20.1.